The maximum absolute atomic E-state index is 4.50. The topological polar surface area (TPSA) is 33.1 Å². The van der Waals surface area contributed by atoms with E-state index in [0.717, 1.165) is 18.0 Å². The van der Waals surface area contributed by atoms with Crippen LogP contribution in [-0.2, 0) is 0 Å². The third-order valence-electron chi connectivity index (χ3n) is 4.76. The normalized spacial score (nSPS) is 32.4. The van der Waals surface area contributed by atoms with E-state index in [1.807, 2.05) is 6.20 Å². The van der Waals surface area contributed by atoms with Crippen molar-refractivity contribution >= 4 is 5.95 Å². The molecule has 1 aliphatic carbocycles. The third-order valence-corrected chi connectivity index (χ3v) is 4.76. The maximum atomic E-state index is 4.50. The van der Waals surface area contributed by atoms with Crippen LogP contribution in [0.15, 0.2) is 12.4 Å². The highest BCUT2D eigenvalue weighted by Gasteiger charge is 2.32. The largest absolute Gasteiger partial charge is 0.353 e. The van der Waals surface area contributed by atoms with Crippen molar-refractivity contribution in [3.05, 3.63) is 12.4 Å². The molecule has 0 bridgehead atoms. The average molecular weight is 246 g/mol. The van der Waals surface area contributed by atoms with Crippen LogP contribution < -0.4 is 5.32 Å². The Morgan fingerprint density at radius 2 is 2.06 bits per heavy atom. The summed E-state index contributed by atoms with van der Waals surface area (Å²) in [6, 6.07) is 2.19. The number of fused-ring (bicyclic) bond motifs is 1. The molecular weight excluding hydrogens is 224 g/mol. The predicted octanol–water partition coefficient (Wildman–Crippen LogP) is 2.26. The van der Waals surface area contributed by atoms with E-state index in [-0.39, 0.29) is 0 Å². The van der Waals surface area contributed by atoms with E-state index < -0.39 is 0 Å². The quantitative estimate of drug-likeness (QED) is 0.888. The average Bonchev–Trinajstić information content (AvgIpc) is 2.95. The van der Waals surface area contributed by atoms with Gasteiger partial charge >= 0.3 is 0 Å². The van der Waals surface area contributed by atoms with E-state index in [0.29, 0.717) is 6.04 Å². The summed E-state index contributed by atoms with van der Waals surface area (Å²) < 4.78 is 2.33. The van der Waals surface area contributed by atoms with Gasteiger partial charge < -0.3 is 14.8 Å². The fourth-order valence-corrected chi connectivity index (χ4v) is 3.61. The Bertz CT molecular complexity index is 423. The van der Waals surface area contributed by atoms with Crippen LogP contribution in [0.3, 0.4) is 0 Å². The Labute approximate surface area is 108 Å². The maximum Gasteiger partial charge on any atom is 0.203 e. The van der Waals surface area contributed by atoms with Gasteiger partial charge in [-0.05, 0) is 45.1 Å². The summed E-state index contributed by atoms with van der Waals surface area (Å²) in [6.45, 7) is 2.60. The molecule has 1 aromatic heterocycles. The zero-order valence-electron chi connectivity index (χ0n) is 10.9. The van der Waals surface area contributed by atoms with Crippen LogP contribution in [0.25, 0.3) is 0 Å². The van der Waals surface area contributed by atoms with Crippen molar-refractivity contribution in [2.24, 2.45) is 0 Å². The molecule has 2 atom stereocenters. The zero-order chi connectivity index (χ0) is 11.9. The molecule has 3 fully saturated rings. The third kappa shape index (κ3) is 1.92. The van der Waals surface area contributed by atoms with Crippen LogP contribution in [0.4, 0.5) is 5.95 Å². The molecule has 1 aromatic rings. The summed E-state index contributed by atoms with van der Waals surface area (Å²) in [5.74, 6) is 1.11. The monoisotopic (exact) mass is 246 g/mol. The number of aromatic nitrogens is 2. The SMILES string of the molecule is c1cn(C2CC2)c(NC2CCN3CCCC3C2)n1. The summed E-state index contributed by atoms with van der Waals surface area (Å²) >= 11 is 0. The van der Waals surface area contributed by atoms with Crippen molar-refractivity contribution in [3.8, 4) is 0 Å². The van der Waals surface area contributed by atoms with E-state index in [1.54, 1.807) is 0 Å². The molecule has 3 aliphatic rings. The minimum absolute atomic E-state index is 0.629. The number of rotatable bonds is 3. The van der Waals surface area contributed by atoms with Gasteiger partial charge in [-0.3, -0.25) is 0 Å². The minimum atomic E-state index is 0.629. The van der Waals surface area contributed by atoms with Crippen LogP contribution >= 0.6 is 0 Å². The van der Waals surface area contributed by atoms with E-state index >= 15 is 0 Å². The van der Waals surface area contributed by atoms with Gasteiger partial charge in [0.1, 0.15) is 0 Å². The number of nitrogens with zero attached hydrogens (tertiary/aromatic N) is 3. The summed E-state index contributed by atoms with van der Waals surface area (Å²) in [4.78, 5) is 7.17. The van der Waals surface area contributed by atoms with E-state index in [2.05, 4.69) is 26.0 Å². The van der Waals surface area contributed by atoms with Crippen molar-refractivity contribution in [2.75, 3.05) is 18.4 Å². The molecule has 4 heteroatoms. The van der Waals surface area contributed by atoms with Crippen molar-refractivity contribution in [1.29, 1.82) is 0 Å². The van der Waals surface area contributed by atoms with Crippen molar-refractivity contribution < 1.29 is 0 Å². The Hall–Kier alpha value is -1.03. The van der Waals surface area contributed by atoms with Crippen LogP contribution in [0, 0.1) is 0 Å². The first-order valence-electron chi connectivity index (χ1n) is 7.43. The van der Waals surface area contributed by atoms with Crippen LogP contribution in [0.2, 0.25) is 0 Å². The molecule has 4 nitrogen and oxygen atoms in total. The van der Waals surface area contributed by atoms with E-state index in [9.17, 15) is 0 Å². The van der Waals surface area contributed by atoms with Gasteiger partial charge in [0.05, 0.1) is 0 Å². The Morgan fingerprint density at radius 1 is 1.11 bits per heavy atom. The molecule has 2 aliphatic heterocycles. The number of piperidine rings is 1. The fraction of sp³-hybridized carbons (Fsp3) is 0.786. The molecule has 2 unspecified atom stereocenters. The summed E-state index contributed by atoms with van der Waals surface area (Å²) in [5.41, 5.74) is 0. The van der Waals surface area contributed by atoms with Gasteiger partial charge in [-0.2, -0.15) is 0 Å². The standard InChI is InChI=1S/C14H22N4/c1-2-13-10-11(5-8-17(13)7-1)16-14-15-6-9-18(14)12-3-4-12/h6,9,11-13H,1-5,7-8,10H2,(H,15,16). The minimum Gasteiger partial charge on any atom is -0.353 e. The first-order chi connectivity index (χ1) is 8.90. The Morgan fingerprint density at radius 3 is 2.94 bits per heavy atom. The lowest BCUT2D eigenvalue weighted by atomic mass is 9.98. The number of imidazole rings is 1. The van der Waals surface area contributed by atoms with Gasteiger partial charge in [0, 0.05) is 37.1 Å². The molecule has 0 aromatic carbocycles. The molecule has 3 heterocycles. The highest BCUT2D eigenvalue weighted by atomic mass is 15.3. The van der Waals surface area contributed by atoms with Gasteiger partial charge in [0.15, 0.2) is 0 Å². The second-order valence-corrected chi connectivity index (χ2v) is 6.09. The van der Waals surface area contributed by atoms with Gasteiger partial charge in [-0.1, -0.05) is 0 Å². The Kier molecular flexibility index (Phi) is 2.57. The first kappa shape index (κ1) is 10.9. The number of anilines is 1. The molecule has 18 heavy (non-hydrogen) atoms. The summed E-state index contributed by atoms with van der Waals surface area (Å²) in [6.07, 6.45) is 12.1. The lowest BCUT2D eigenvalue weighted by molar-refractivity contribution is 0.187. The molecule has 1 saturated carbocycles. The second-order valence-electron chi connectivity index (χ2n) is 6.09. The van der Waals surface area contributed by atoms with Gasteiger partial charge in [0.25, 0.3) is 0 Å². The predicted molar refractivity (Wildman–Crippen MR) is 71.7 cm³/mol. The first-order valence-corrected chi connectivity index (χ1v) is 7.43. The highest BCUT2D eigenvalue weighted by Crippen LogP contribution is 2.37. The van der Waals surface area contributed by atoms with E-state index in [1.165, 1.54) is 51.6 Å². The molecule has 98 valence electrons. The molecule has 1 N–H and O–H groups in total. The lowest BCUT2D eigenvalue weighted by Gasteiger charge is -2.35. The number of nitrogens with one attached hydrogen (secondary N) is 1. The molecule has 0 amide bonds. The van der Waals surface area contributed by atoms with E-state index in [4.69, 9.17) is 0 Å². The second kappa shape index (κ2) is 4.26. The smallest absolute Gasteiger partial charge is 0.203 e. The zero-order valence-corrected chi connectivity index (χ0v) is 10.9. The molecule has 0 radical (unpaired) electrons. The number of hydrogen-bond donors (Lipinski definition) is 1. The highest BCUT2D eigenvalue weighted by molar-refractivity contribution is 5.30. The van der Waals surface area contributed by atoms with Crippen LogP contribution in [0.1, 0.15) is 44.6 Å². The van der Waals surface area contributed by atoms with Gasteiger partial charge in [0.2, 0.25) is 5.95 Å². The fourth-order valence-electron chi connectivity index (χ4n) is 3.61. The number of hydrogen-bond acceptors (Lipinski definition) is 3. The molecule has 2 saturated heterocycles. The van der Waals surface area contributed by atoms with Crippen LogP contribution in [-0.4, -0.2) is 39.6 Å². The van der Waals surface area contributed by atoms with Crippen molar-refractivity contribution in [2.45, 2.75) is 56.7 Å². The van der Waals surface area contributed by atoms with Crippen molar-refractivity contribution in [1.82, 2.24) is 14.5 Å². The van der Waals surface area contributed by atoms with Crippen LogP contribution in [0.5, 0.6) is 0 Å². The summed E-state index contributed by atoms with van der Waals surface area (Å²) in [7, 11) is 0. The Balaban J connectivity index is 1.43. The molecular formula is C14H22N4. The molecule has 0 spiro atoms. The van der Waals surface area contributed by atoms with Gasteiger partial charge in [-0.15, -0.1) is 0 Å². The van der Waals surface area contributed by atoms with Gasteiger partial charge in [-0.25, -0.2) is 4.98 Å². The lowest BCUT2D eigenvalue weighted by Crippen LogP contribution is -2.43. The van der Waals surface area contributed by atoms with Crippen molar-refractivity contribution in [3.63, 3.8) is 0 Å². The molecule has 4 rings (SSSR count). The summed E-state index contributed by atoms with van der Waals surface area (Å²) in [5, 5.41) is 3.69.